The van der Waals surface area contributed by atoms with E-state index in [2.05, 4.69) is 36.2 Å². The van der Waals surface area contributed by atoms with Crippen LogP contribution in [0.25, 0.3) is 0 Å². The molecule has 0 bridgehead atoms. The Hall–Kier alpha value is -2.07. The molecule has 1 saturated heterocycles. The molecule has 22 heavy (non-hydrogen) atoms. The van der Waals surface area contributed by atoms with Crippen LogP contribution in [0.15, 0.2) is 53.1 Å². The van der Waals surface area contributed by atoms with Gasteiger partial charge >= 0.3 is 0 Å². The molecule has 1 amide bonds. The van der Waals surface area contributed by atoms with E-state index in [9.17, 15) is 4.79 Å². The fourth-order valence-electron chi connectivity index (χ4n) is 3.07. The van der Waals surface area contributed by atoms with Crippen molar-refractivity contribution in [3.63, 3.8) is 0 Å². The van der Waals surface area contributed by atoms with Crippen molar-refractivity contribution in [3.8, 4) is 0 Å². The lowest BCUT2D eigenvalue weighted by atomic mass is 10.0. The van der Waals surface area contributed by atoms with Crippen molar-refractivity contribution < 1.29 is 9.21 Å². The maximum atomic E-state index is 12.2. The van der Waals surface area contributed by atoms with E-state index in [4.69, 9.17) is 4.42 Å². The highest BCUT2D eigenvalue weighted by molar-refractivity contribution is 5.91. The maximum absolute atomic E-state index is 12.2. The van der Waals surface area contributed by atoms with Crippen LogP contribution in [0.3, 0.4) is 0 Å². The number of rotatable bonds is 4. The van der Waals surface area contributed by atoms with Crippen molar-refractivity contribution in [2.45, 2.75) is 25.4 Å². The molecule has 2 aromatic rings. The number of amides is 1. The number of nitrogens with zero attached hydrogens (tertiary/aromatic N) is 2. The van der Waals surface area contributed by atoms with Crippen LogP contribution < -0.4 is 0 Å². The molecule has 116 valence electrons. The molecule has 0 radical (unpaired) electrons. The van der Waals surface area contributed by atoms with Crippen LogP contribution in [0.4, 0.5) is 0 Å². The summed E-state index contributed by atoms with van der Waals surface area (Å²) in [6.45, 7) is 2.55. The first-order chi connectivity index (χ1) is 10.7. The van der Waals surface area contributed by atoms with Gasteiger partial charge in [-0.05, 0) is 37.6 Å². The standard InChI is InChI=1S/C18H22N2O2/c1-19(14-15-6-3-2-4-7-15)16-9-11-20(12-10-16)18(21)17-8-5-13-22-17/h2-8,13,16H,9-12,14H2,1H3. The lowest BCUT2D eigenvalue weighted by Gasteiger charge is -2.36. The SMILES string of the molecule is CN(Cc1ccccc1)C1CCN(C(=O)c2ccco2)CC1. The summed E-state index contributed by atoms with van der Waals surface area (Å²) in [5.74, 6) is 0.449. The smallest absolute Gasteiger partial charge is 0.289 e. The van der Waals surface area contributed by atoms with Crippen LogP contribution in [-0.4, -0.2) is 41.9 Å². The highest BCUT2D eigenvalue weighted by Crippen LogP contribution is 2.19. The van der Waals surface area contributed by atoms with Crippen molar-refractivity contribution in [1.82, 2.24) is 9.80 Å². The number of benzene rings is 1. The Bertz CT molecular complexity index is 587. The number of carbonyl (C=O) groups is 1. The monoisotopic (exact) mass is 298 g/mol. The topological polar surface area (TPSA) is 36.7 Å². The van der Waals surface area contributed by atoms with E-state index in [1.807, 2.05) is 11.0 Å². The second-order valence-corrected chi connectivity index (χ2v) is 5.90. The molecule has 1 aromatic carbocycles. The molecule has 4 nitrogen and oxygen atoms in total. The van der Waals surface area contributed by atoms with Crippen LogP contribution in [0.1, 0.15) is 29.0 Å². The molecule has 0 N–H and O–H groups in total. The quantitative estimate of drug-likeness (QED) is 0.870. The van der Waals surface area contributed by atoms with Gasteiger partial charge in [0.2, 0.25) is 0 Å². The number of furan rings is 1. The second kappa shape index (κ2) is 6.79. The zero-order valence-corrected chi connectivity index (χ0v) is 12.9. The molecule has 1 aromatic heterocycles. The summed E-state index contributed by atoms with van der Waals surface area (Å²) < 4.78 is 5.20. The molecule has 0 aliphatic carbocycles. The Morgan fingerprint density at radius 2 is 1.91 bits per heavy atom. The maximum Gasteiger partial charge on any atom is 0.289 e. The highest BCUT2D eigenvalue weighted by atomic mass is 16.3. The zero-order valence-electron chi connectivity index (χ0n) is 12.9. The fraction of sp³-hybridized carbons (Fsp3) is 0.389. The van der Waals surface area contributed by atoms with Crippen LogP contribution in [-0.2, 0) is 6.54 Å². The molecular weight excluding hydrogens is 276 g/mol. The van der Waals surface area contributed by atoms with Crippen molar-refractivity contribution in [1.29, 1.82) is 0 Å². The van der Waals surface area contributed by atoms with Crippen LogP contribution in [0.2, 0.25) is 0 Å². The van der Waals surface area contributed by atoms with E-state index >= 15 is 0 Å². The van der Waals surface area contributed by atoms with Gasteiger partial charge in [-0.15, -0.1) is 0 Å². The van der Waals surface area contributed by atoms with Crippen molar-refractivity contribution in [2.75, 3.05) is 20.1 Å². The molecule has 0 unspecified atom stereocenters. The van der Waals surface area contributed by atoms with Crippen molar-refractivity contribution in [2.24, 2.45) is 0 Å². The third-order valence-electron chi connectivity index (χ3n) is 4.38. The summed E-state index contributed by atoms with van der Waals surface area (Å²) in [5, 5.41) is 0. The van der Waals surface area contributed by atoms with E-state index < -0.39 is 0 Å². The van der Waals surface area contributed by atoms with Gasteiger partial charge in [0.15, 0.2) is 5.76 Å². The van der Waals surface area contributed by atoms with E-state index in [-0.39, 0.29) is 5.91 Å². The first-order valence-electron chi connectivity index (χ1n) is 7.81. The molecule has 4 heteroatoms. The minimum absolute atomic E-state index is 0.00848. The van der Waals surface area contributed by atoms with Gasteiger partial charge in [0.05, 0.1) is 6.26 Å². The summed E-state index contributed by atoms with van der Waals surface area (Å²) in [6.07, 6.45) is 3.57. The molecule has 0 saturated carbocycles. The number of hydrogen-bond donors (Lipinski definition) is 0. The molecule has 2 heterocycles. The number of piperidine rings is 1. The summed E-state index contributed by atoms with van der Waals surface area (Å²) >= 11 is 0. The highest BCUT2D eigenvalue weighted by Gasteiger charge is 2.26. The first kappa shape index (κ1) is 14.9. The molecule has 1 aliphatic heterocycles. The molecular formula is C18H22N2O2. The van der Waals surface area contributed by atoms with Crippen LogP contribution >= 0.6 is 0 Å². The molecule has 1 fully saturated rings. The second-order valence-electron chi connectivity index (χ2n) is 5.90. The summed E-state index contributed by atoms with van der Waals surface area (Å²) in [5.41, 5.74) is 1.33. The summed E-state index contributed by atoms with van der Waals surface area (Å²) in [7, 11) is 2.17. The van der Waals surface area contributed by atoms with Gasteiger partial charge in [0.25, 0.3) is 5.91 Å². The van der Waals surface area contributed by atoms with Gasteiger partial charge in [0, 0.05) is 25.7 Å². The average Bonchev–Trinajstić information content (AvgIpc) is 3.10. The first-order valence-corrected chi connectivity index (χ1v) is 7.81. The van der Waals surface area contributed by atoms with Crippen molar-refractivity contribution >= 4 is 5.91 Å². The fourth-order valence-corrected chi connectivity index (χ4v) is 3.07. The van der Waals surface area contributed by atoms with E-state index in [1.165, 1.54) is 5.56 Å². The number of likely N-dealkylation sites (tertiary alicyclic amines) is 1. The minimum atomic E-state index is 0.00848. The Labute approximate surface area is 131 Å². The van der Waals surface area contributed by atoms with Crippen molar-refractivity contribution in [3.05, 3.63) is 60.1 Å². The van der Waals surface area contributed by atoms with E-state index in [0.717, 1.165) is 32.5 Å². The van der Waals surface area contributed by atoms with E-state index in [0.29, 0.717) is 11.8 Å². The zero-order chi connectivity index (χ0) is 15.4. The summed E-state index contributed by atoms with van der Waals surface area (Å²) in [6, 6.07) is 14.5. The van der Waals surface area contributed by atoms with Gasteiger partial charge in [0.1, 0.15) is 0 Å². The lowest BCUT2D eigenvalue weighted by Crippen LogP contribution is -2.45. The van der Waals surface area contributed by atoms with Gasteiger partial charge in [-0.2, -0.15) is 0 Å². The number of hydrogen-bond acceptors (Lipinski definition) is 3. The lowest BCUT2D eigenvalue weighted by molar-refractivity contribution is 0.0609. The predicted octanol–water partition coefficient (Wildman–Crippen LogP) is 3.02. The van der Waals surface area contributed by atoms with Crippen LogP contribution in [0, 0.1) is 0 Å². The van der Waals surface area contributed by atoms with Gasteiger partial charge in [-0.1, -0.05) is 30.3 Å². The Morgan fingerprint density at radius 3 is 2.55 bits per heavy atom. The molecule has 3 rings (SSSR count). The minimum Gasteiger partial charge on any atom is -0.459 e. The third-order valence-corrected chi connectivity index (χ3v) is 4.38. The predicted molar refractivity (Wildman–Crippen MR) is 85.5 cm³/mol. The number of carbonyl (C=O) groups excluding carboxylic acids is 1. The Kier molecular flexibility index (Phi) is 4.59. The largest absolute Gasteiger partial charge is 0.459 e. The molecule has 1 aliphatic rings. The van der Waals surface area contributed by atoms with Gasteiger partial charge in [-0.25, -0.2) is 0 Å². The van der Waals surface area contributed by atoms with Gasteiger partial charge in [-0.3, -0.25) is 9.69 Å². The Morgan fingerprint density at radius 1 is 1.18 bits per heavy atom. The van der Waals surface area contributed by atoms with Crippen LogP contribution in [0.5, 0.6) is 0 Å². The third kappa shape index (κ3) is 3.39. The summed E-state index contributed by atoms with van der Waals surface area (Å²) in [4.78, 5) is 16.5. The molecule has 0 atom stereocenters. The van der Waals surface area contributed by atoms with Gasteiger partial charge < -0.3 is 9.32 Å². The van der Waals surface area contributed by atoms with E-state index in [1.54, 1.807) is 18.4 Å². The molecule has 0 spiro atoms. The Balaban J connectivity index is 1.52. The normalized spacial score (nSPS) is 16.2. The average molecular weight is 298 g/mol.